The SMILES string of the molecule is CN(C)c1cc(NC(=O)CNC(C)(C)C)c(O)c2c1C[C@H]1C[C@H]3[C@H](N(C)N=O)C(=O)C(C(N)=O)=C(O)[C@@]3(O)C(=O)C1=C2O. The number of aromatic hydroxyl groups is 1. The number of hydrogen-bond donors (Lipinski definition) is 7. The highest BCUT2D eigenvalue weighted by Crippen LogP contribution is 2.54. The number of carbonyl (C=O) groups is 4. The van der Waals surface area contributed by atoms with Crippen molar-refractivity contribution in [3.05, 3.63) is 39.0 Å². The number of benzene rings is 1. The fourth-order valence-electron chi connectivity index (χ4n) is 6.21. The summed E-state index contributed by atoms with van der Waals surface area (Å²) in [5.41, 5.74) is 1.27. The molecule has 2 amide bonds. The molecule has 15 nitrogen and oxygen atoms in total. The summed E-state index contributed by atoms with van der Waals surface area (Å²) in [6.45, 7) is 5.53. The van der Waals surface area contributed by atoms with Crippen LogP contribution in [-0.4, -0.2) is 93.7 Å². The quantitative estimate of drug-likeness (QED) is 0.0975. The Morgan fingerprint density at radius 2 is 1.79 bits per heavy atom. The van der Waals surface area contributed by atoms with E-state index in [1.165, 1.54) is 6.07 Å². The fourth-order valence-corrected chi connectivity index (χ4v) is 6.21. The standard InChI is InChI=1S/C28H36N6O9/c1-27(2,3)30-10-16(35)31-14-9-15(33(4)5)12-7-11-8-13-20(34(6)32-43)23(38)19(26(29)41)25(40)28(13,42)24(39)17(11)22(37)18(12)21(14)36/h9,11,13,20,30,36-37,40,42H,7-8,10H2,1-6H3,(H2,29,41)(H,31,35)/t11-,13-,20-,28-/m0/s1. The molecule has 1 aromatic carbocycles. The average Bonchev–Trinajstić information content (AvgIpc) is 2.90. The van der Waals surface area contributed by atoms with Crippen LogP contribution in [0, 0.1) is 16.7 Å². The van der Waals surface area contributed by atoms with Gasteiger partial charge in [0.25, 0.3) is 5.91 Å². The van der Waals surface area contributed by atoms with E-state index in [9.17, 15) is 44.5 Å². The van der Waals surface area contributed by atoms with Crippen molar-refractivity contribution in [1.82, 2.24) is 10.3 Å². The number of ketones is 2. The highest BCUT2D eigenvalue weighted by atomic mass is 16.3. The Morgan fingerprint density at radius 1 is 1.16 bits per heavy atom. The summed E-state index contributed by atoms with van der Waals surface area (Å²) in [6.07, 6.45) is -0.182. The minimum absolute atomic E-state index is 0.0280. The number of aliphatic hydroxyl groups excluding tert-OH is 2. The molecule has 4 atom stereocenters. The van der Waals surface area contributed by atoms with Crippen LogP contribution in [0.5, 0.6) is 5.75 Å². The first kappa shape index (κ1) is 31.4. The van der Waals surface area contributed by atoms with E-state index in [0.29, 0.717) is 16.3 Å². The molecule has 0 bridgehead atoms. The van der Waals surface area contributed by atoms with Crippen LogP contribution >= 0.6 is 0 Å². The topological polar surface area (TPSA) is 235 Å². The molecule has 3 aliphatic rings. The van der Waals surface area contributed by atoms with Crippen LogP contribution in [0.3, 0.4) is 0 Å². The second-order valence-electron chi connectivity index (χ2n) is 12.3. The first-order valence-corrected chi connectivity index (χ1v) is 13.5. The molecule has 0 spiro atoms. The van der Waals surface area contributed by atoms with E-state index in [0.717, 1.165) is 7.05 Å². The molecule has 1 saturated carbocycles. The molecular weight excluding hydrogens is 564 g/mol. The van der Waals surface area contributed by atoms with E-state index in [-0.39, 0.29) is 41.7 Å². The maximum absolute atomic E-state index is 14.0. The molecule has 1 aromatic rings. The Morgan fingerprint density at radius 3 is 2.33 bits per heavy atom. The number of hydrogen-bond acceptors (Lipinski definition) is 12. The number of amides is 2. The van der Waals surface area contributed by atoms with Crippen LogP contribution in [0.2, 0.25) is 0 Å². The van der Waals surface area contributed by atoms with E-state index in [1.54, 1.807) is 19.0 Å². The van der Waals surface area contributed by atoms with E-state index < -0.39 is 69.7 Å². The largest absolute Gasteiger partial charge is 0.508 e. The van der Waals surface area contributed by atoms with Crippen molar-refractivity contribution in [2.45, 2.75) is 50.8 Å². The minimum atomic E-state index is -2.93. The number of nitrogens with one attached hydrogen (secondary N) is 2. The lowest BCUT2D eigenvalue weighted by molar-refractivity contribution is -0.154. The van der Waals surface area contributed by atoms with Crippen LogP contribution in [0.1, 0.15) is 38.3 Å². The summed E-state index contributed by atoms with van der Waals surface area (Å²) in [7, 11) is 4.53. The minimum Gasteiger partial charge on any atom is -0.508 e. The van der Waals surface area contributed by atoms with E-state index >= 15 is 0 Å². The van der Waals surface area contributed by atoms with Gasteiger partial charge in [-0.2, -0.15) is 0 Å². The Hall–Kier alpha value is -4.50. The number of phenols is 1. The van der Waals surface area contributed by atoms with Crippen molar-refractivity contribution in [1.29, 1.82) is 0 Å². The van der Waals surface area contributed by atoms with Gasteiger partial charge < -0.3 is 41.7 Å². The van der Waals surface area contributed by atoms with E-state index in [1.807, 2.05) is 20.8 Å². The number of likely N-dealkylation sites (N-methyl/N-ethyl adjacent to an activating group) is 1. The molecule has 232 valence electrons. The molecule has 0 aliphatic heterocycles. The van der Waals surface area contributed by atoms with Crippen molar-refractivity contribution >= 4 is 40.5 Å². The van der Waals surface area contributed by atoms with Crippen molar-refractivity contribution in [2.24, 2.45) is 22.9 Å². The summed E-state index contributed by atoms with van der Waals surface area (Å²) >= 11 is 0. The normalized spacial score (nSPS) is 25.0. The van der Waals surface area contributed by atoms with E-state index in [2.05, 4.69) is 15.9 Å². The summed E-state index contributed by atoms with van der Waals surface area (Å²) < 4.78 is 0. The third-order valence-corrected chi connectivity index (χ3v) is 8.21. The molecule has 0 heterocycles. The highest BCUT2D eigenvalue weighted by Gasteiger charge is 2.65. The molecule has 15 heteroatoms. The molecule has 8 N–H and O–H groups in total. The zero-order valence-electron chi connectivity index (χ0n) is 24.7. The maximum atomic E-state index is 14.0. The third-order valence-electron chi connectivity index (χ3n) is 8.21. The number of nitrogens with two attached hydrogens (primary N) is 1. The van der Waals surface area contributed by atoms with Gasteiger partial charge in [0, 0.05) is 43.9 Å². The van der Waals surface area contributed by atoms with Crippen LogP contribution < -0.4 is 21.3 Å². The lowest BCUT2D eigenvalue weighted by atomic mass is 9.57. The first-order chi connectivity index (χ1) is 19.9. The molecule has 3 aliphatic carbocycles. The average molecular weight is 601 g/mol. The summed E-state index contributed by atoms with van der Waals surface area (Å²) in [4.78, 5) is 65.2. The molecule has 0 unspecified atom stereocenters. The van der Waals surface area contributed by atoms with Gasteiger partial charge in [-0.15, -0.1) is 4.91 Å². The smallest absolute Gasteiger partial charge is 0.255 e. The number of phenolic OH excluding ortho intramolecular Hbond substituents is 1. The van der Waals surface area contributed by atoms with Crippen molar-refractivity contribution < 1.29 is 39.6 Å². The summed E-state index contributed by atoms with van der Waals surface area (Å²) in [5.74, 6) is -9.08. The molecule has 0 aromatic heterocycles. The Labute approximate surface area is 247 Å². The van der Waals surface area contributed by atoms with Gasteiger partial charge in [-0.25, -0.2) is 0 Å². The number of anilines is 2. The highest BCUT2D eigenvalue weighted by molar-refractivity contribution is 6.24. The molecule has 0 saturated heterocycles. The Kier molecular flexibility index (Phi) is 7.78. The predicted molar refractivity (Wildman–Crippen MR) is 155 cm³/mol. The monoisotopic (exact) mass is 600 g/mol. The lowest BCUT2D eigenvalue weighted by Crippen LogP contribution is -2.65. The number of carbonyl (C=O) groups excluding carboxylic acids is 4. The second-order valence-corrected chi connectivity index (χ2v) is 12.3. The number of fused-ring (bicyclic) bond motifs is 3. The number of nitroso groups, excluding NO2 is 1. The van der Waals surface area contributed by atoms with Gasteiger partial charge in [0.15, 0.2) is 11.4 Å². The van der Waals surface area contributed by atoms with Gasteiger partial charge in [-0.05, 0) is 51.2 Å². The number of nitrogens with zero attached hydrogens (tertiary/aromatic N) is 3. The van der Waals surface area contributed by atoms with Gasteiger partial charge in [-0.1, -0.05) is 0 Å². The van der Waals surface area contributed by atoms with Gasteiger partial charge in [0.2, 0.25) is 11.7 Å². The van der Waals surface area contributed by atoms with Crippen LogP contribution in [0.15, 0.2) is 28.3 Å². The zero-order valence-corrected chi connectivity index (χ0v) is 24.7. The number of primary amides is 1. The fraction of sp³-hybridized carbons (Fsp3) is 0.500. The zero-order chi connectivity index (χ0) is 32.3. The molecule has 43 heavy (non-hydrogen) atoms. The van der Waals surface area contributed by atoms with Gasteiger partial charge in [-0.3, -0.25) is 24.2 Å². The Bertz CT molecular complexity index is 1510. The molecular formula is C28H36N6O9. The molecule has 0 radical (unpaired) electrons. The summed E-state index contributed by atoms with van der Waals surface area (Å²) in [6, 6.07) is -0.108. The van der Waals surface area contributed by atoms with Gasteiger partial charge in [0.1, 0.15) is 28.9 Å². The second kappa shape index (κ2) is 10.6. The van der Waals surface area contributed by atoms with Gasteiger partial charge >= 0.3 is 0 Å². The first-order valence-electron chi connectivity index (χ1n) is 13.5. The maximum Gasteiger partial charge on any atom is 0.255 e. The number of Topliss-reactive ketones (excluding diaryl/α,β-unsaturated/α-hetero) is 2. The summed E-state index contributed by atoms with van der Waals surface area (Å²) in [5, 5.41) is 54.5. The predicted octanol–water partition coefficient (Wildman–Crippen LogP) is 0.408. The Balaban J connectivity index is 1.90. The third kappa shape index (κ3) is 4.97. The van der Waals surface area contributed by atoms with Crippen LogP contribution in [0.4, 0.5) is 11.4 Å². The molecule has 1 fully saturated rings. The van der Waals surface area contributed by atoms with Crippen LogP contribution in [0.25, 0.3) is 5.76 Å². The number of rotatable bonds is 7. The molecule has 4 rings (SSSR count). The van der Waals surface area contributed by atoms with Gasteiger partial charge in [0.05, 0.1) is 23.1 Å². The van der Waals surface area contributed by atoms with Crippen molar-refractivity contribution in [3.8, 4) is 5.75 Å². The van der Waals surface area contributed by atoms with Crippen molar-refractivity contribution in [3.63, 3.8) is 0 Å². The lowest BCUT2D eigenvalue weighted by Gasteiger charge is -2.49. The van der Waals surface area contributed by atoms with Crippen molar-refractivity contribution in [2.75, 3.05) is 37.9 Å². The van der Waals surface area contributed by atoms with Crippen LogP contribution in [-0.2, 0) is 25.6 Å². The number of aliphatic hydroxyl groups is 3. The van der Waals surface area contributed by atoms with E-state index in [4.69, 9.17) is 5.73 Å².